The number of fused-ring (bicyclic) bond motifs is 1. The number of pyridine rings is 1. The molecule has 1 aliphatic heterocycles. The molecule has 0 aliphatic carbocycles. The number of aromatic nitrogens is 1. The van der Waals surface area contributed by atoms with Crippen molar-refractivity contribution in [3.63, 3.8) is 0 Å². The number of aryl methyl sites for hydroxylation is 1. The first-order chi connectivity index (χ1) is 13.2. The summed E-state index contributed by atoms with van der Waals surface area (Å²) in [6.45, 7) is 2.47. The summed E-state index contributed by atoms with van der Waals surface area (Å²) in [5.41, 5.74) is 3.46. The third-order valence-electron chi connectivity index (χ3n) is 5.05. The van der Waals surface area contributed by atoms with E-state index in [-0.39, 0.29) is 24.2 Å². The number of amides is 2. The molecule has 1 fully saturated rings. The maximum absolute atomic E-state index is 12.8. The van der Waals surface area contributed by atoms with Crippen LogP contribution in [0.5, 0.6) is 0 Å². The summed E-state index contributed by atoms with van der Waals surface area (Å²) in [5.74, 6) is -0.522. The molecule has 1 N–H and O–H groups in total. The van der Waals surface area contributed by atoms with Crippen LogP contribution in [-0.4, -0.2) is 23.3 Å². The molecule has 2 heterocycles. The molecule has 0 saturated carbocycles. The van der Waals surface area contributed by atoms with E-state index >= 15 is 0 Å². The zero-order valence-electron chi connectivity index (χ0n) is 15.2. The van der Waals surface area contributed by atoms with Crippen molar-refractivity contribution in [2.75, 3.05) is 16.8 Å². The summed E-state index contributed by atoms with van der Waals surface area (Å²) in [6, 6.07) is 17.4. The number of rotatable bonds is 4. The summed E-state index contributed by atoms with van der Waals surface area (Å²) in [4.78, 5) is 31.5. The lowest BCUT2D eigenvalue weighted by atomic mass is 10.1. The molecule has 5 nitrogen and oxygen atoms in total. The first kappa shape index (κ1) is 17.2. The summed E-state index contributed by atoms with van der Waals surface area (Å²) in [5, 5.41) is 3.94. The molecule has 0 bridgehead atoms. The maximum atomic E-state index is 12.8. The Bertz CT molecular complexity index is 1010. The van der Waals surface area contributed by atoms with E-state index in [0.717, 1.165) is 28.6 Å². The molecule has 1 aromatic heterocycles. The van der Waals surface area contributed by atoms with Crippen molar-refractivity contribution in [1.29, 1.82) is 0 Å². The molecule has 1 saturated heterocycles. The van der Waals surface area contributed by atoms with Crippen LogP contribution in [0.2, 0.25) is 0 Å². The molecule has 1 aliphatic rings. The van der Waals surface area contributed by atoms with Gasteiger partial charge >= 0.3 is 0 Å². The van der Waals surface area contributed by atoms with Gasteiger partial charge in [-0.05, 0) is 30.2 Å². The van der Waals surface area contributed by atoms with Crippen molar-refractivity contribution in [2.24, 2.45) is 5.92 Å². The fourth-order valence-electron chi connectivity index (χ4n) is 3.63. The summed E-state index contributed by atoms with van der Waals surface area (Å²) in [7, 11) is 0. The van der Waals surface area contributed by atoms with E-state index in [2.05, 4.69) is 17.2 Å². The van der Waals surface area contributed by atoms with Crippen LogP contribution in [0, 0.1) is 5.92 Å². The van der Waals surface area contributed by atoms with E-state index in [9.17, 15) is 9.59 Å². The van der Waals surface area contributed by atoms with Crippen molar-refractivity contribution < 1.29 is 9.59 Å². The SMILES string of the molecule is CCc1ccccc1N1C[C@H](C(=O)Nc2cccc3cccnc23)CC1=O. The highest BCUT2D eigenvalue weighted by Gasteiger charge is 2.35. The van der Waals surface area contributed by atoms with Crippen molar-refractivity contribution in [3.05, 3.63) is 66.4 Å². The fraction of sp³-hybridized carbons (Fsp3) is 0.227. The molecule has 27 heavy (non-hydrogen) atoms. The normalized spacial score (nSPS) is 16.7. The Hall–Kier alpha value is -3.21. The van der Waals surface area contributed by atoms with Gasteiger partial charge in [0.15, 0.2) is 0 Å². The van der Waals surface area contributed by atoms with Crippen molar-refractivity contribution in [1.82, 2.24) is 4.98 Å². The second-order valence-corrected chi connectivity index (χ2v) is 6.76. The molecule has 4 rings (SSSR count). The van der Waals surface area contributed by atoms with Gasteiger partial charge in [0, 0.05) is 30.2 Å². The van der Waals surface area contributed by atoms with Crippen LogP contribution in [0.15, 0.2) is 60.8 Å². The summed E-state index contributed by atoms with van der Waals surface area (Å²) >= 11 is 0. The molecule has 0 unspecified atom stereocenters. The fourth-order valence-corrected chi connectivity index (χ4v) is 3.63. The second-order valence-electron chi connectivity index (χ2n) is 6.76. The van der Waals surface area contributed by atoms with Gasteiger partial charge in [0.2, 0.25) is 11.8 Å². The minimum Gasteiger partial charge on any atom is -0.324 e. The first-order valence-corrected chi connectivity index (χ1v) is 9.20. The molecule has 0 spiro atoms. The Morgan fingerprint density at radius 2 is 1.96 bits per heavy atom. The Kier molecular flexibility index (Phi) is 4.59. The van der Waals surface area contributed by atoms with Gasteiger partial charge in [-0.1, -0.05) is 43.3 Å². The van der Waals surface area contributed by atoms with Gasteiger partial charge in [-0.2, -0.15) is 0 Å². The van der Waals surface area contributed by atoms with Gasteiger partial charge < -0.3 is 10.2 Å². The third kappa shape index (κ3) is 3.28. The number of para-hydroxylation sites is 2. The third-order valence-corrected chi connectivity index (χ3v) is 5.05. The van der Waals surface area contributed by atoms with Gasteiger partial charge in [-0.15, -0.1) is 0 Å². The minimum absolute atomic E-state index is 0.00732. The number of nitrogens with one attached hydrogen (secondary N) is 1. The number of carbonyl (C=O) groups is 2. The highest BCUT2D eigenvalue weighted by molar-refractivity contribution is 6.06. The van der Waals surface area contributed by atoms with Crippen LogP contribution in [0.25, 0.3) is 10.9 Å². The number of hydrogen-bond donors (Lipinski definition) is 1. The number of carbonyl (C=O) groups excluding carboxylic acids is 2. The number of nitrogens with zero attached hydrogens (tertiary/aromatic N) is 2. The first-order valence-electron chi connectivity index (χ1n) is 9.20. The van der Waals surface area contributed by atoms with E-state index in [1.807, 2.05) is 54.6 Å². The predicted octanol–water partition coefficient (Wildman–Crippen LogP) is 3.79. The van der Waals surface area contributed by atoms with Gasteiger partial charge in [0.25, 0.3) is 0 Å². The van der Waals surface area contributed by atoms with Crippen LogP contribution >= 0.6 is 0 Å². The zero-order chi connectivity index (χ0) is 18.8. The lowest BCUT2D eigenvalue weighted by Gasteiger charge is -2.20. The van der Waals surface area contributed by atoms with E-state index < -0.39 is 0 Å². The molecule has 2 aromatic carbocycles. The Balaban J connectivity index is 1.54. The smallest absolute Gasteiger partial charge is 0.229 e. The zero-order valence-corrected chi connectivity index (χ0v) is 15.2. The quantitative estimate of drug-likeness (QED) is 0.771. The highest BCUT2D eigenvalue weighted by Crippen LogP contribution is 2.29. The Morgan fingerprint density at radius 3 is 2.81 bits per heavy atom. The average molecular weight is 359 g/mol. The van der Waals surface area contributed by atoms with Gasteiger partial charge in [0.05, 0.1) is 17.1 Å². The summed E-state index contributed by atoms with van der Waals surface area (Å²) in [6.07, 6.45) is 2.78. The van der Waals surface area contributed by atoms with Crippen molar-refractivity contribution >= 4 is 34.1 Å². The molecule has 1 atom stereocenters. The Morgan fingerprint density at radius 1 is 1.15 bits per heavy atom. The van der Waals surface area contributed by atoms with Crippen LogP contribution in [0.3, 0.4) is 0 Å². The minimum atomic E-state index is -0.374. The van der Waals surface area contributed by atoms with Gasteiger partial charge in [-0.3, -0.25) is 14.6 Å². The molecular formula is C22H21N3O2. The summed E-state index contributed by atoms with van der Waals surface area (Å²) < 4.78 is 0. The van der Waals surface area contributed by atoms with E-state index in [1.54, 1.807) is 11.1 Å². The number of anilines is 2. The average Bonchev–Trinajstić information content (AvgIpc) is 3.10. The molecular weight excluding hydrogens is 338 g/mol. The predicted molar refractivity (Wildman–Crippen MR) is 107 cm³/mol. The largest absolute Gasteiger partial charge is 0.324 e. The number of hydrogen-bond acceptors (Lipinski definition) is 3. The second kappa shape index (κ2) is 7.19. The highest BCUT2D eigenvalue weighted by atomic mass is 16.2. The maximum Gasteiger partial charge on any atom is 0.229 e. The Labute approximate surface area is 158 Å². The molecule has 3 aromatic rings. The van der Waals surface area contributed by atoms with Crippen molar-refractivity contribution in [2.45, 2.75) is 19.8 Å². The van der Waals surface area contributed by atoms with Crippen LogP contribution in [0.1, 0.15) is 18.9 Å². The van der Waals surface area contributed by atoms with E-state index in [1.165, 1.54) is 0 Å². The van der Waals surface area contributed by atoms with Crippen LogP contribution < -0.4 is 10.2 Å². The molecule has 0 radical (unpaired) electrons. The molecule has 2 amide bonds. The van der Waals surface area contributed by atoms with Gasteiger partial charge in [-0.25, -0.2) is 0 Å². The lowest BCUT2D eigenvalue weighted by molar-refractivity contribution is -0.122. The van der Waals surface area contributed by atoms with Gasteiger partial charge in [0.1, 0.15) is 0 Å². The molecule has 136 valence electrons. The van der Waals surface area contributed by atoms with Crippen LogP contribution in [-0.2, 0) is 16.0 Å². The lowest BCUT2D eigenvalue weighted by Crippen LogP contribution is -2.28. The van der Waals surface area contributed by atoms with Crippen LogP contribution in [0.4, 0.5) is 11.4 Å². The van der Waals surface area contributed by atoms with Crippen molar-refractivity contribution in [3.8, 4) is 0 Å². The standard InChI is InChI=1S/C22H21N3O2/c1-2-15-7-3-4-11-19(15)25-14-17(13-20(25)26)22(27)24-18-10-5-8-16-9-6-12-23-21(16)18/h3-12,17H,2,13-14H2,1H3,(H,24,27)/t17-/m1/s1. The molecule has 5 heteroatoms. The van der Waals surface area contributed by atoms with E-state index in [0.29, 0.717) is 12.2 Å². The topological polar surface area (TPSA) is 62.3 Å². The number of benzene rings is 2. The monoisotopic (exact) mass is 359 g/mol. The van der Waals surface area contributed by atoms with E-state index in [4.69, 9.17) is 0 Å².